The number of quaternary nitrogens is 1. The molecule has 0 saturated carbocycles. The lowest BCUT2D eigenvalue weighted by Crippen LogP contribution is -2.88. The van der Waals surface area contributed by atoms with Crippen molar-refractivity contribution in [2.24, 2.45) is 0 Å². The third kappa shape index (κ3) is 4.63. The van der Waals surface area contributed by atoms with E-state index in [1.165, 1.54) is 5.56 Å². The van der Waals surface area contributed by atoms with Crippen LogP contribution in [0.4, 0.5) is 0 Å². The maximum Gasteiger partial charge on any atom is 0.123 e. The highest BCUT2D eigenvalue weighted by atomic mass is 16.5. The van der Waals surface area contributed by atoms with Gasteiger partial charge in [-0.3, -0.25) is 0 Å². The standard InChI is InChI=1S/C13H21NO3/c1-10(9-15-2)14-8-11-5-12(16-3)7-13(6-11)17-4/h5-7,10,14H,8-9H2,1-4H3/p+1. The van der Waals surface area contributed by atoms with Crippen LogP contribution in [-0.4, -0.2) is 34.0 Å². The minimum absolute atomic E-state index is 0.442. The van der Waals surface area contributed by atoms with Gasteiger partial charge >= 0.3 is 0 Å². The van der Waals surface area contributed by atoms with E-state index >= 15 is 0 Å². The Morgan fingerprint density at radius 1 is 1.06 bits per heavy atom. The first-order valence-electron chi connectivity index (χ1n) is 5.73. The topological polar surface area (TPSA) is 44.3 Å². The van der Waals surface area contributed by atoms with Crippen molar-refractivity contribution in [2.75, 3.05) is 27.9 Å². The number of benzene rings is 1. The summed E-state index contributed by atoms with van der Waals surface area (Å²) in [6.07, 6.45) is 0. The van der Waals surface area contributed by atoms with Gasteiger partial charge in [-0.05, 0) is 19.1 Å². The molecule has 4 nitrogen and oxygen atoms in total. The summed E-state index contributed by atoms with van der Waals surface area (Å²) in [6.45, 7) is 3.78. The molecule has 0 aliphatic carbocycles. The largest absolute Gasteiger partial charge is 0.497 e. The van der Waals surface area contributed by atoms with Crippen LogP contribution in [0.5, 0.6) is 11.5 Å². The Bertz CT molecular complexity index is 319. The van der Waals surface area contributed by atoms with E-state index in [1.807, 2.05) is 18.2 Å². The van der Waals surface area contributed by atoms with E-state index in [9.17, 15) is 0 Å². The fourth-order valence-corrected chi connectivity index (χ4v) is 1.65. The smallest absolute Gasteiger partial charge is 0.123 e. The van der Waals surface area contributed by atoms with Gasteiger partial charge in [-0.1, -0.05) is 0 Å². The number of hydrogen-bond donors (Lipinski definition) is 1. The molecule has 0 bridgehead atoms. The number of nitrogens with two attached hydrogens (primary N) is 1. The second kappa shape index (κ2) is 7.14. The minimum Gasteiger partial charge on any atom is -0.497 e. The van der Waals surface area contributed by atoms with Gasteiger partial charge in [0.15, 0.2) is 0 Å². The lowest BCUT2D eigenvalue weighted by Gasteiger charge is -2.11. The zero-order chi connectivity index (χ0) is 12.7. The minimum atomic E-state index is 0.442. The van der Waals surface area contributed by atoms with E-state index in [-0.39, 0.29) is 0 Å². The van der Waals surface area contributed by atoms with E-state index in [0.717, 1.165) is 24.7 Å². The lowest BCUT2D eigenvalue weighted by atomic mass is 10.2. The van der Waals surface area contributed by atoms with E-state index in [2.05, 4.69) is 12.2 Å². The SMILES string of the molecule is COCC(C)[NH2+]Cc1cc(OC)cc(OC)c1. The van der Waals surface area contributed by atoms with Crippen LogP contribution in [-0.2, 0) is 11.3 Å². The number of hydrogen-bond acceptors (Lipinski definition) is 3. The van der Waals surface area contributed by atoms with Crippen LogP contribution in [0, 0.1) is 0 Å². The highest BCUT2D eigenvalue weighted by molar-refractivity contribution is 5.37. The summed E-state index contributed by atoms with van der Waals surface area (Å²) < 4.78 is 15.6. The van der Waals surface area contributed by atoms with Crippen LogP contribution in [0.1, 0.15) is 12.5 Å². The van der Waals surface area contributed by atoms with Crippen LogP contribution in [0.15, 0.2) is 18.2 Å². The van der Waals surface area contributed by atoms with Crippen molar-refractivity contribution >= 4 is 0 Å². The molecular formula is C13H22NO3+. The Hall–Kier alpha value is -1.26. The molecule has 1 aromatic carbocycles. The molecule has 0 aromatic heterocycles. The Balaban J connectivity index is 2.63. The van der Waals surface area contributed by atoms with E-state index in [1.54, 1.807) is 21.3 Å². The van der Waals surface area contributed by atoms with Crippen molar-refractivity contribution < 1.29 is 19.5 Å². The van der Waals surface area contributed by atoms with Gasteiger partial charge in [-0.25, -0.2) is 0 Å². The summed E-state index contributed by atoms with van der Waals surface area (Å²) in [5.41, 5.74) is 1.18. The molecular weight excluding hydrogens is 218 g/mol. The Morgan fingerprint density at radius 3 is 2.12 bits per heavy atom. The molecule has 0 spiro atoms. The van der Waals surface area contributed by atoms with E-state index < -0.39 is 0 Å². The van der Waals surface area contributed by atoms with Gasteiger partial charge in [0, 0.05) is 18.7 Å². The van der Waals surface area contributed by atoms with Crippen LogP contribution < -0.4 is 14.8 Å². The molecule has 0 heterocycles. The second-order valence-electron chi connectivity index (χ2n) is 4.09. The summed E-state index contributed by atoms with van der Waals surface area (Å²) in [4.78, 5) is 0. The molecule has 0 radical (unpaired) electrons. The molecule has 1 aromatic rings. The predicted octanol–water partition coefficient (Wildman–Crippen LogP) is 0.802. The molecule has 0 aliphatic heterocycles. The normalized spacial score (nSPS) is 12.2. The molecule has 2 N–H and O–H groups in total. The van der Waals surface area contributed by atoms with Crippen LogP contribution in [0.2, 0.25) is 0 Å². The van der Waals surface area contributed by atoms with E-state index in [0.29, 0.717) is 6.04 Å². The predicted molar refractivity (Wildman–Crippen MR) is 66.5 cm³/mol. The van der Waals surface area contributed by atoms with Crippen molar-refractivity contribution in [3.8, 4) is 11.5 Å². The van der Waals surface area contributed by atoms with Gasteiger partial charge in [-0.15, -0.1) is 0 Å². The quantitative estimate of drug-likeness (QED) is 0.767. The fourth-order valence-electron chi connectivity index (χ4n) is 1.65. The highest BCUT2D eigenvalue weighted by Gasteiger charge is 2.07. The van der Waals surface area contributed by atoms with Gasteiger partial charge in [0.05, 0.1) is 20.8 Å². The molecule has 0 aliphatic rings. The Labute approximate surface area is 103 Å². The molecule has 96 valence electrons. The first-order valence-corrected chi connectivity index (χ1v) is 5.73. The summed E-state index contributed by atoms with van der Waals surface area (Å²) in [6, 6.07) is 6.37. The van der Waals surface area contributed by atoms with Gasteiger partial charge in [0.1, 0.15) is 24.1 Å². The molecule has 1 rings (SSSR count). The van der Waals surface area contributed by atoms with Crippen molar-refractivity contribution in [1.29, 1.82) is 0 Å². The fraction of sp³-hybridized carbons (Fsp3) is 0.538. The zero-order valence-corrected chi connectivity index (χ0v) is 11.0. The van der Waals surface area contributed by atoms with Gasteiger partial charge in [0.25, 0.3) is 0 Å². The third-order valence-electron chi connectivity index (χ3n) is 2.60. The first-order chi connectivity index (χ1) is 8.19. The number of rotatable bonds is 7. The van der Waals surface area contributed by atoms with Crippen LogP contribution in [0.3, 0.4) is 0 Å². The highest BCUT2D eigenvalue weighted by Crippen LogP contribution is 2.21. The Morgan fingerprint density at radius 2 is 1.65 bits per heavy atom. The monoisotopic (exact) mass is 240 g/mol. The first kappa shape index (κ1) is 13.8. The molecule has 0 saturated heterocycles. The van der Waals surface area contributed by atoms with Crippen LogP contribution in [0.25, 0.3) is 0 Å². The maximum atomic E-state index is 5.23. The average molecular weight is 240 g/mol. The van der Waals surface area contributed by atoms with E-state index in [4.69, 9.17) is 14.2 Å². The second-order valence-corrected chi connectivity index (χ2v) is 4.09. The van der Waals surface area contributed by atoms with Crippen molar-refractivity contribution in [3.05, 3.63) is 23.8 Å². The number of ether oxygens (including phenoxy) is 3. The van der Waals surface area contributed by atoms with Gasteiger partial charge < -0.3 is 19.5 Å². The molecule has 0 amide bonds. The average Bonchev–Trinajstić information content (AvgIpc) is 2.36. The summed E-state index contributed by atoms with van der Waals surface area (Å²) in [7, 11) is 5.05. The summed E-state index contributed by atoms with van der Waals surface area (Å²) in [5.74, 6) is 1.65. The third-order valence-corrected chi connectivity index (χ3v) is 2.60. The van der Waals surface area contributed by atoms with Crippen molar-refractivity contribution in [1.82, 2.24) is 0 Å². The van der Waals surface area contributed by atoms with Crippen LogP contribution >= 0.6 is 0 Å². The maximum absolute atomic E-state index is 5.23. The molecule has 0 fully saturated rings. The molecule has 4 heteroatoms. The number of methoxy groups -OCH3 is 3. The zero-order valence-electron chi connectivity index (χ0n) is 11.0. The molecule has 17 heavy (non-hydrogen) atoms. The summed E-state index contributed by atoms with van der Waals surface area (Å²) in [5, 5.41) is 2.23. The van der Waals surface area contributed by atoms with Crippen molar-refractivity contribution in [3.63, 3.8) is 0 Å². The Kier molecular flexibility index (Phi) is 5.80. The van der Waals surface area contributed by atoms with Gasteiger partial charge in [-0.2, -0.15) is 0 Å². The van der Waals surface area contributed by atoms with Gasteiger partial charge in [0.2, 0.25) is 0 Å². The van der Waals surface area contributed by atoms with Crippen molar-refractivity contribution in [2.45, 2.75) is 19.5 Å². The molecule has 1 atom stereocenters. The molecule has 1 unspecified atom stereocenters. The lowest BCUT2D eigenvalue weighted by molar-refractivity contribution is -0.702. The summed E-state index contributed by atoms with van der Waals surface area (Å²) >= 11 is 0.